The molecule has 0 saturated carbocycles. The van der Waals surface area contributed by atoms with Gasteiger partial charge in [-0.3, -0.25) is 19.1 Å². The van der Waals surface area contributed by atoms with Crippen molar-refractivity contribution in [2.75, 3.05) is 18.8 Å². The van der Waals surface area contributed by atoms with Gasteiger partial charge in [0.2, 0.25) is 0 Å². The van der Waals surface area contributed by atoms with E-state index >= 15 is 0 Å². The molecule has 7 rings (SSSR count). The van der Waals surface area contributed by atoms with Gasteiger partial charge in [0.15, 0.2) is 17.8 Å². The van der Waals surface area contributed by atoms with Crippen LogP contribution in [0.1, 0.15) is 45.5 Å². The number of aromatic nitrogens is 4. The number of nitrogen functional groups attached to an aromatic ring is 1. The smallest absolute Gasteiger partial charge is 0.251 e. The molecule has 0 bridgehead atoms. The largest absolute Gasteiger partial charge is 0.507 e. The summed E-state index contributed by atoms with van der Waals surface area (Å²) in [6.07, 6.45) is 4.85. The first-order valence-corrected chi connectivity index (χ1v) is 16.0. The van der Waals surface area contributed by atoms with Crippen LogP contribution in [0.25, 0.3) is 39.5 Å². The SMILES string of the molecule is Nc1ncccc1-c1nc2ccc(-c3ccccc3)nc2n1-c1ccc(CN2CCCC(NC(=O)c3ccc(O)c(C=O)c3)CC2)cc1. The van der Waals surface area contributed by atoms with Gasteiger partial charge >= 0.3 is 0 Å². The highest BCUT2D eigenvalue weighted by molar-refractivity contribution is 5.96. The summed E-state index contributed by atoms with van der Waals surface area (Å²) in [6.45, 7) is 2.54. The van der Waals surface area contributed by atoms with Crippen LogP contribution < -0.4 is 11.1 Å². The molecule has 48 heavy (non-hydrogen) atoms. The summed E-state index contributed by atoms with van der Waals surface area (Å²) in [6, 6.07) is 30.7. The molecule has 3 aromatic carbocycles. The zero-order valence-electron chi connectivity index (χ0n) is 26.3. The van der Waals surface area contributed by atoms with Crippen molar-refractivity contribution in [1.29, 1.82) is 0 Å². The topological polar surface area (TPSA) is 139 Å². The number of nitrogens with two attached hydrogens (primary N) is 1. The van der Waals surface area contributed by atoms with E-state index in [1.54, 1.807) is 6.20 Å². The van der Waals surface area contributed by atoms with Crippen LogP contribution in [-0.2, 0) is 6.54 Å². The predicted molar refractivity (Wildman–Crippen MR) is 186 cm³/mol. The molecule has 1 aliphatic rings. The number of hydrogen-bond donors (Lipinski definition) is 3. The summed E-state index contributed by atoms with van der Waals surface area (Å²) < 4.78 is 2.05. The number of hydrogen-bond acceptors (Lipinski definition) is 8. The normalized spacial score (nSPS) is 15.2. The van der Waals surface area contributed by atoms with Crippen LogP contribution in [0.3, 0.4) is 0 Å². The molecule has 6 aromatic rings. The van der Waals surface area contributed by atoms with E-state index in [0.29, 0.717) is 23.5 Å². The average molecular weight is 638 g/mol. The highest BCUT2D eigenvalue weighted by Gasteiger charge is 2.21. The lowest BCUT2D eigenvalue weighted by atomic mass is 10.1. The van der Waals surface area contributed by atoms with Crippen molar-refractivity contribution in [3.63, 3.8) is 0 Å². The lowest BCUT2D eigenvalue weighted by Crippen LogP contribution is -2.35. The van der Waals surface area contributed by atoms with E-state index in [-0.39, 0.29) is 23.3 Å². The van der Waals surface area contributed by atoms with Gasteiger partial charge in [0, 0.05) is 42.1 Å². The number of likely N-dealkylation sites (tertiary alicyclic amines) is 1. The third-order valence-corrected chi connectivity index (χ3v) is 8.83. The number of benzene rings is 3. The molecule has 1 aliphatic heterocycles. The van der Waals surface area contributed by atoms with Crippen molar-refractivity contribution in [1.82, 2.24) is 29.7 Å². The molecule has 10 heteroatoms. The predicted octanol–water partition coefficient (Wildman–Crippen LogP) is 6.03. The van der Waals surface area contributed by atoms with Crippen LogP contribution in [0.4, 0.5) is 5.82 Å². The van der Waals surface area contributed by atoms with Crippen LogP contribution in [0.15, 0.2) is 103 Å². The Morgan fingerprint density at radius 2 is 1.77 bits per heavy atom. The number of phenolic OH excluding ortho intramolecular Hbond substituents is 1. The average Bonchev–Trinajstić information content (AvgIpc) is 3.35. The summed E-state index contributed by atoms with van der Waals surface area (Å²) in [7, 11) is 0. The molecular formula is C38H35N7O3. The number of aldehydes is 1. The first-order valence-electron chi connectivity index (χ1n) is 16.0. The highest BCUT2D eigenvalue weighted by atomic mass is 16.3. The first-order chi connectivity index (χ1) is 23.5. The van der Waals surface area contributed by atoms with Crippen LogP contribution in [0.5, 0.6) is 5.75 Å². The molecule has 4 heterocycles. The fourth-order valence-electron chi connectivity index (χ4n) is 6.28. The number of nitrogens with zero attached hydrogens (tertiary/aromatic N) is 5. The monoisotopic (exact) mass is 637 g/mol. The lowest BCUT2D eigenvalue weighted by molar-refractivity contribution is 0.0933. The Balaban J connectivity index is 1.10. The van der Waals surface area contributed by atoms with Gasteiger partial charge < -0.3 is 16.2 Å². The minimum atomic E-state index is -0.239. The summed E-state index contributed by atoms with van der Waals surface area (Å²) >= 11 is 0. The van der Waals surface area contributed by atoms with E-state index in [9.17, 15) is 14.7 Å². The van der Waals surface area contributed by atoms with Crippen molar-refractivity contribution < 1.29 is 14.7 Å². The maximum absolute atomic E-state index is 12.9. The number of carbonyl (C=O) groups is 2. The minimum absolute atomic E-state index is 0.0273. The standard InChI is InChI=1S/C38H35N7O3/c39-35-31(9-4-19-40-35)36-43-33-16-15-32(26-6-2-1-3-7-26)42-37(33)45(36)30-13-10-25(11-14-30)23-44-20-5-8-29(18-21-44)41-38(48)27-12-17-34(47)28(22-27)24-46/h1-4,6-7,9-17,19,22,24,29,47H,5,8,18,20-21,23H2,(H2,39,40)(H,41,48). The second-order valence-electron chi connectivity index (χ2n) is 12.0. The summed E-state index contributed by atoms with van der Waals surface area (Å²) in [5.74, 6) is 0.706. The number of imidazole rings is 1. The fourth-order valence-corrected chi connectivity index (χ4v) is 6.28. The van der Waals surface area contributed by atoms with E-state index in [1.165, 1.54) is 23.8 Å². The van der Waals surface area contributed by atoms with Crippen LogP contribution in [0, 0.1) is 0 Å². The Morgan fingerprint density at radius 3 is 2.56 bits per heavy atom. The Hall–Kier alpha value is -5.87. The van der Waals surface area contributed by atoms with Gasteiger partial charge in [-0.05, 0) is 86.0 Å². The van der Waals surface area contributed by atoms with E-state index in [2.05, 4.69) is 39.5 Å². The number of carbonyl (C=O) groups excluding carboxylic acids is 2. The quantitative estimate of drug-likeness (QED) is 0.172. The van der Waals surface area contributed by atoms with Gasteiger partial charge in [0.05, 0.1) is 16.8 Å². The summed E-state index contributed by atoms with van der Waals surface area (Å²) in [5.41, 5.74) is 13.0. The number of fused-ring (bicyclic) bond motifs is 1. The third-order valence-electron chi connectivity index (χ3n) is 8.83. The first kappa shape index (κ1) is 30.8. The molecule has 0 aliphatic carbocycles. The number of aromatic hydroxyl groups is 1. The molecule has 3 aromatic heterocycles. The Labute approximate surface area is 277 Å². The number of rotatable bonds is 8. The number of anilines is 1. The third kappa shape index (κ3) is 6.38. The molecule has 10 nitrogen and oxygen atoms in total. The summed E-state index contributed by atoms with van der Waals surface area (Å²) in [5, 5.41) is 12.9. The maximum atomic E-state index is 12.9. The van der Waals surface area contributed by atoms with Gasteiger partial charge in [-0.15, -0.1) is 0 Å². The lowest BCUT2D eigenvalue weighted by Gasteiger charge is -2.21. The second-order valence-corrected chi connectivity index (χ2v) is 12.0. The molecule has 0 spiro atoms. The van der Waals surface area contributed by atoms with E-state index in [4.69, 9.17) is 15.7 Å². The number of phenols is 1. The second kappa shape index (κ2) is 13.5. The molecule has 240 valence electrons. The van der Waals surface area contributed by atoms with Gasteiger partial charge in [-0.1, -0.05) is 42.5 Å². The Kier molecular flexibility index (Phi) is 8.63. The van der Waals surface area contributed by atoms with Crippen LogP contribution in [-0.4, -0.2) is 60.9 Å². The van der Waals surface area contributed by atoms with E-state index < -0.39 is 0 Å². The number of amides is 1. The molecule has 1 unspecified atom stereocenters. The van der Waals surface area contributed by atoms with Crippen molar-refractivity contribution >= 4 is 29.2 Å². The molecule has 1 fully saturated rings. The Bertz CT molecular complexity index is 2090. The van der Waals surface area contributed by atoms with Crippen LogP contribution in [0.2, 0.25) is 0 Å². The van der Waals surface area contributed by atoms with E-state index in [0.717, 1.165) is 72.6 Å². The maximum Gasteiger partial charge on any atom is 0.251 e. The van der Waals surface area contributed by atoms with Gasteiger partial charge in [-0.2, -0.15) is 0 Å². The molecule has 1 saturated heterocycles. The van der Waals surface area contributed by atoms with Gasteiger partial charge in [0.1, 0.15) is 17.1 Å². The number of pyridine rings is 2. The number of nitrogens with one attached hydrogen (secondary N) is 1. The van der Waals surface area contributed by atoms with E-state index in [1.807, 2.05) is 59.2 Å². The highest BCUT2D eigenvalue weighted by Crippen LogP contribution is 2.32. The Morgan fingerprint density at radius 1 is 0.938 bits per heavy atom. The van der Waals surface area contributed by atoms with Crippen molar-refractivity contribution in [3.8, 4) is 34.1 Å². The minimum Gasteiger partial charge on any atom is -0.507 e. The molecule has 1 atom stereocenters. The van der Waals surface area contributed by atoms with Crippen molar-refractivity contribution in [3.05, 3.63) is 120 Å². The fraction of sp³-hybridized carbons (Fsp3) is 0.184. The van der Waals surface area contributed by atoms with Gasteiger partial charge in [0.25, 0.3) is 5.91 Å². The molecular weight excluding hydrogens is 602 g/mol. The van der Waals surface area contributed by atoms with Crippen molar-refractivity contribution in [2.45, 2.75) is 31.8 Å². The van der Waals surface area contributed by atoms with Gasteiger partial charge in [-0.25, -0.2) is 15.0 Å². The zero-order chi connectivity index (χ0) is 33.0. The van der Waals surface area contributed by atoms with Crippen molar-refractivity contribution in [2.24, 2.45) is 0 Å². The zero-order valence-corrected chi connectivity index (χ0v) is 26.3. The summed E-state index contributed by atoms with van der Waals surface area (Å²) in [4.78, 5) is 40.8. The molecule has 1 amide bonds. The molecule has 4 N–H and O–H groups in total. The molecule has 0 radical (unpaired) electrons. The van der Waals surface area contributed by atoms with Crippen LogP contribution >= 0.6 is 0 Å².